The van der Waals surface area contributed by atoms with E-state index in [-0.39, 0.29) is 11.3 Å². The van der Waals surface area contributed by atoms with Crippen LogP contribution in [0.15, 0.2) is 27.1 Å². The zero-order valence-corrected chi connectivity index (χ0v) is 15.3. The van der Waals surface area contributed by atoms with Crippen LogP contribution in [-0.4, -0.2) is 17.8 Å². The van der Waals surface area contributed by atoms with Crippen LogP contribution in [0.4, 0.5) is 0 Å². The average molecular weight is 454 g/mol. The van der Waals surface area contributed by atoms with Gasteiger partial charge in [-0.15, -0.1) is 0 Å². The lowest BCUT2D eigenvalue weighted by Gasteiger charge is -2.26. The van der Waals surface area contributed by atoms with E-state index >= 15 is 0 Å². The van der Waals surface area contributed by atoms with Crippen molar-refractivity contribution in [2.75, 3.05) is 11.9 Å². The van der Waals surface area contributed by atoms with Crippen LogP contribution in [0.5, 0.6) is 0 Å². The molecule has 2 rings (SSSR count). The maximum absolute atomic E-state index is 12.2. The second-order valence-corrected chi connectivity index (χ2v) is 7.57. The molecule has 1 aliphatic carbocycles. The Morgan fingerprint density at radius 2 is 1.74 bits per heavy atom. The monoisotopic (exact) mass is 451 g/mol. The summed E-state index contributed by atoms with van der Waals surface area (Å²) in [5.41, 5.74) is 0.933. The molecule has 104 valence electrons. The summed E-state index contributed by atoms with van der Waals surface area (Å²) in [6.07, 6.45) is 4.93. The molecule has 1 saturated carbocycles. The fourth-order valence-corrected chi connectivity index (χ4v) is 4.59. The number of carbonyl (C=O) groups is 1. The number of amides is 1. The number of carbonyl (C=O) groups excluding carboxylic acids is 1. The van der Waals surface area contributed by atoms with E-state index in [1.165, 1.54) is 25.7 Å². The van der Waals surface area contributed by atoms with E-state index in [9.17, 15) is 4.79 Å². The fourth-order valence-electron chi connectivity index (χ4n) is 2.54. The lowest BCUT2D eigenvalue weighted by molar-refractivity contribution is 0.0935. The zero-order chi connectivity index (χ0) is 13.9. The largest absolute Gasteiger partial charge is 0.351 e. The fraction of sp³-hybridized carbons (Fsp3) is 0.500. The van der Waals surface area contributed by atoms with Gasteiger partial charge < -0.3 is 5.32 Å². The van der Waals surface area contributed by atoms with Crippen molar-refractivity contribution in [3.8, 4) is 0 Å². The molecule has 1 amide bonds. The highest BCUT2D eigenvalue weighted by Gasteiger charge is 2.33. The van der Waals surface area contributed by atoms with Gasteiger partial charge in [0.05, 0.1) is 0 Å². The van der Waals surface area contributed by atoms with Gasteiger partial charge in [0.2, 0.25) is 0 Å². The molecule has 1 fully saturated rings. The molecule has 0 aromatic heterocycles. The van der Waals surface area contributed by atoms with Gasteiger partial charge in [-0.1, -0.05) is 60.6 Å². The predicted molar refractivity (Wildman–Crippen MR) is 88.9 cm³/mol. The van der Waals surface area contributed by atoms with Crippen LogP contribution in [0.3, 0.4) is 0 Å². The highest BCUT2D eigenvalue weighted by atomic mass is 79.9. The molecule has 1 N–H and O–H groups in total. The van der Waals surface area contributed by atoms with Gasteiger partial charge in [0.1, 0.15) is 0 Å². The maximum atomic E-state index is 12.2. The smallest absolute Gasteiger partial charge is 0.251 e. The quantitative estimate of drug-likeness (QED) is 0.646. The van der Waals surface area contributed by atoms with E-state index in [0.717, 1.165) is 20.8 Å². The Hall–Kier alpha value is 0.130. The van der Waals surface area contributed by atoms with Gasteiger partial charge in [-0.3, -0.25) is 4.79 Å². The summed E-state index contributed by atoms with van der Waals surface area (Å²) in [6, 6.07) is 5.61. The Balaban J connectivity index is 2.01. The Bertz CT molecular complexity index is 450. The molecule has 1 aliphatic rings. The molecule has 5 heteroatoms. The van der Waals surface area contributed by atoms with Crippen molar-refractivity contribution in [3.05, 3.63) is 32.7 Å². The summed E-state index contributed by atoms with van der Waals surface area (Å²) in [4.78, 5) is 12.2. The third-order valence-electron chi connectivity index (χ3n) is 3.70. The van der Waals surface area contributed by atoms with Gasteiger partial charge in [0.15, 0.2) is 0 Å². The van der Waals surface area contributed by atoms with Crippen molar-refractivity contribution in [3.63, 3.8) is 0 Å². The van der Waals surface area contributed by atoms with Gasteiger partial charge in [0, 0.05) is 26.4 Å². The third kappa shape index (κ3) is 4.05. The van der Waals surface area contributed by atoms with Crippen molar-refractivity contribution in [2.45, 2.75) is 25.7 Å². The van der Waals surface area contributed by atoms with Gasteiger partial charge >= 0.3 is 0 Å². The number of alkyl halides is 1. The Labute approximate surface area is 139 Å². The SMILES string of the molecule is O=C(NCC1(CBr)CCCC1)c1cc(Br)cc(Br)c1. The lowest BCUT2D eigenvalue weighted by Crippen LogP contribution is -2.37. The Morgan fingerprint density at radius 1 is 1.16 bits per heavy atom. The van der Waals surface area contributed by atoms with Crippen molar-refractivity contribution >= 4 is 53.7 Å². The minimum Gasteiger partial charge on any atom is -0.351 e. The van der Waals surface area contributed by atoms with Crippen LogP contribution in [0, 0.1) is 5.41 Å². The molecule has 1 aromatic rings. The van der Waals surface area contributed by atoms with Crippen LogP contribution in [-0.2, 0) is 0 Å². The molecule has 0 aliphatic heterocycles. The molecule has 0 saturated heterocycles. The highest BCUT2D eigenvalue weighted by Crippen LogP contribution is 2.39. The first kappa shape index (κ1) is 15.5. The molecule has 19 heavy (non-hydrogen) atoms. The van der Waals surface area contributed by atoms with E-state index in [1.807, 2.05) is 18.2 Å². The number of nitrogens with one attached hydrogen (secondary N) is 1. The van der Waals surface area contributed by atoms with Crippen LogP contribution in [0.1, 0.15) is 36.0 Å². The van der Waals surface area contributed by atoms with Crippen LogP contribution in [0.25, 0.3) is 0 Å². The molecule has 0 unspecified atom stereocenters. The standard InChI is InChI=1S/C14H16Br3NO/c15-8-14(3-1-2-4-14)9-18-13(19)10-5-11(16)7-12(17)6-10/h5-7H,1-4,8-9H2,(H,18,19). The minimum atomic E-state index is -0.00535. The van der Waals surface area contributed by atoms with E-state index in [0.29, 0.717) is 5.56 Å². The van der Waals surface area contributed by atoms with Gasteiger partial charge in [-0.05, 0) is 36.5 Å². The first-order chi connectivity index (χ1) is 9.04. The van der Waals surface area contributed by atoms with E-state index in [2.05, 4.69) is 53.1 Å². The lowest BCUT2D eigenvalue weighted by atomic mass is 9.89. The molecule has 0 bridgehead atoms. The average Bonchev–Trinajstić information content (AvgIpc) is 2.84. The first-order valence-corrected chi connectivity index (χ1v) is 9.06. The summed E-state index contributed by atoms with van der Waals surface area (Å²) in [5, 5.41) is 4.04. The first-order valence-electron chi connectivity index (χ1n) is 6.35. The number of rotatable bonds is 4. The molecule has 0 radical (unpaired) electrons. The van der Waals surface area contributed by atoms with Crippen LogP contribution in [0.2, 0.25) is 0 Å². The number of benzene rings is 1. The summed E-state index contributed by atoms with van der Waals surface area (Å²) >= 11 is 10.4. The Kier molecular flexibility index (Phi) is 5.49. The highest BCUT2D eigenvalue weighted by molar-refractivity contribution is 9.11. The van der Waals surface area contributed by atoms with Crippen LogP contribution < -0.4 is 5.32 Å². The molecular formula is C14H16Br3NO. The zero-order valence-electron chi connectivity index (χ0n) is 10.5. The summed E-state index contributed by atoms with van der Waals surface area (Å²) < 4.78 is 1.81. The van der Waals surface area contributed by atoms with E-state index in [1.54, 1.807) is 0 Å². The van der Waals surface area contributed by atoms with Crippen molar-refractivity contribution < 1.29 is 4.79 Å². The normalized spacial score (nSPS) is 17.4. The van der Waals surface area contributed by atoms with Crippen LogP contribution >= 0.6 is 47.8 Å². The van der Waals surface area contributed by atoms with E-state index < -0.39 is 0 Å². The van der Waals surface area contributed by atoms with Crippen molar-refractivity contribution in [1.82, 2.24) is 5.32 Å². The summed E-state index contributed by atoms with van der Waals surface area (Å²) in [6.45, 7) is 0.751. The second kappa shape index (κ2) is 6.72. The molecule has 1 aromatic carbocycles. The van der Waals surface area contributed by atoms with Gasteiger partial charge in [-0.25, -0.2) is 0 Å². The summed E-state index contributed by atoms with van der Waals surface area (Å²) in [5.74, 6) is -0.00535. The van der Waals surface area contributed by atoms with Gasteiger partial charge in [0.25, 0.3) is 5.91 Å². The second-order valence-electron chi connectivity index (χ2n) is 5.18. The molecule has 0 spiro atoms. The number of hydrogen-bond donors (Lipinski definition) is 1. The minimum absolute atomic E-state index is 0.00535. The van der Waals surface area contributed by atoms with Crippen molar-refractivity contribution in [1.29, 1.82) is 0 Å². The van der Waals surface area contributed by atoms with E-state index in [4.69, 9.17) is 0 Å². The van der Waals surface area contributed by atoms with Crippen molar-refractivity contribution in [2.24, 2.45) is 5.41 Å². The number of hydrogen-bond acceptors (Lipinski definition) is 1. The molecule has 2 nitrogen and oxygen atoms in total. The maximum Gasteiger partial charge on any atom is 0.251 e. The predicted octanol–water partition coefficient (Wildman–Crippen LogP) is 4.90. The molecular weight excluding hydrogens is 438 g/mol. The molecule has 0 atom stereocenters. The topological polar surface area (TPSA) is 29.1 Å². The Morgan fingerprint density at radius 3 is 2.26 bits per heavy atom. The summed E-state index contributed by atoms with van der Waals surface area (Å²) in [7, 11) is 0. The van der Waals surface area contributed by atoms with Gasteiger partial charge in [-0.2, -0.15) is 0 Å². The number of halogens is 3. The molecule has 0 heterocycles. The third-order valence-corrected chi connectivity index (χ3v) is 5.80.